The second-order valence-corrected chi connectivity index (χ2v) is 7.99. The molecule has 6 heteroatoms. The molecule has 2 aromatic rings. The lowest BCUT2D eigenvalue weighted by Gasteiger charge is -2.22. The summed E-state index contributed by atoms with van der Waals surface area (Å²) in [5.41, 5.74) is 0.964. The van der Waals surface area contributed by atoms with Gasteiger partial charge in [0, 0.05) is 17.3 Å². The van der Waals surface area contributed by atoms with Crippen molar-refractivity contribution in [3.05, 3.63) is 60.2 Å². The van der Waals surface area contributed by atoms with Crippen LogP contribution in [0.2, 0.25) is 0 Å². The fourth-order valence-electron chi connectivity index (χ4n) is 3.02. The van der Waals surface area contributed by atoms with E-state index in [0.29, 0.717) is 11.3 Å². The van der Waals surface area contributed by atoms with Gasteiger partial charge in [-0.25, -0.2) is 8.42 Å². The minimum Gasteiger partial charge on any atom is -0.349 e. The lowest BCUT2D eigenvalue weighted by molar-refractivity contribution is 0.0927. The van der Waals surface area contributed by atoms with Crippen LogP contribution in [0.1, 0.15) is 42.5 Å². The van der Waals surface area contributed by atoms with Crippen LogP contribution in [-0.2, 0) is 10.0 Å². The van der Waals surface area contributed by atoms with Gasteiger partial charge in [-0.2, -0.15) is 0 Å². The Morgan fingerprint density at radius 3 is 2.16 bits per heavy atom. The maximum atomic E-state index is 12.3. The van der Waals surface area contributed by atoms with E-state index in [1.54, 1.807) is 42.5 Å². The summed E-state index contributed by atoms with van der Waals surface area (Å²) in [6, 6.07) is 14.9. The van der Waals surface area contributed by atoms with Crippen LogP contribution < -0.4 is 10.0 Å². The lowest BCUT2D eigenvalue weighted by Crippen LogP contribution is -2.36. The van der Waals surface area contributed by atoms with Gasteiger partial charge in [0.25, 0.3) is 15.9 Å². The Balaban J connectivity index is 1.65. The summed E-state index contributed by atoms with van der Waals surface area (Å²) >= 11 is 0. The number of sulfonamides is 1. The van der Waals surface area contributed by atoms with Crippen LogP contribution in [0.3, 0.4) is 0 Å². The monoisotopic (exact) mass is 358 g/mol. The summed E-state index contributed by atoms with van der Waals surface area (Å²) in [5, 5.41) is 3.05. The average molecular weight is 358 g/mol. The van der Waals surface area contributed by atoms with Crippen molar-refractivity contribution in [2.75, 3.05) is 4.72 Å². The number of amides is 1. The molecule has 0 saturated heterocycles. The highest BCUT2D eigenvalue weighted by Crippen LogP contribution is 2.19. The summed E-state index contributed by atoms with van der Waals surface area (Å²) in [6.07, 6.45) is 5.61. The van der Waals surface area contributed by atoms with Crippen molar-refractivity contribution in [3.63, 3.8) is 0 Å². The summed E-state index contributed by atoms with van der Waals surface area (Å²) in [7, 11) is -3.62. The zero-order chi connectivity index (χ0) is 17.7. The molecule has 0 bridgehead atoms. The molecular weight excluding hydrogens is 336 g/mol. The van der Waals surface area contributed by atoms with Gasteiger partial charge >= 0.3 is 0 Å². The van der Waals surface area contributed by atoms with E-state index >= 15 is 0 Å². The number of hydrogen-bond donors (Lipinski definition) is 2. The molecule has 1 aliphatic rings. The van der Waals surface area contributed by atoms with Gasteiger partial charge in [0.05, 0.1) is 4.90 Å². The predicted molar refractivity (Wildman–Crippen MR) is 98.0 cm³/mol. The quantitative estimate of drug-likeness (QED) is 0.858. The fraction of sp³-hybridized carbons (Fsp3) is 0.316. The maximum Gasteiger partial charge on any atom is 0.261 e. The Hall–Kier alpha value is -2.34. The van der Waals surface area contributed by atoms with Crippen molar-refractivity contribution in [2.24, 2.45) is 0 Å². The van der Waals surface area contributed by atoms with E-state index in [0.717, 1.165) is 25.7 Å². The molecule has 1 saturated carbocycles. The lowest BCUT2D eigenvalue weighted by atomic mass is 9.95. The van der Waals surface area contributed by atoms with Gasteiger partial charge in [0.2, 0.25) is 0 Å². The largest absolute Gasteiger partial charge is 0.349 e. The van der Waals surface area contributed by atoms with Crippen molar-refractivity contribution in [1.29, 1.82) is 0 Å². The van der Waals surface area contributed by atoms with Gasteiger partial charge in [0.15, 0.2) is 0 Å². The topological polar surface area (TPSA) is 75.3 Å². The summed E-state index contributed by atoms with van der Waals surface area (Å²) in [5.74, 6) is -0.107. The van der Waals surface area contributed by atoms with Gasteiger partial charge in [-0.15, -0.1) is 0 Å². The predicted octanol–water partition coefficient (Wildman–Crippen LogP) is 3.55. The SMILES string of the molecule is O=C(NC1CCCCC1)c1ccc(NS(=O)(=O)c2ccccc2)cc1. The molecule has 0 spiro atoms. The molecule has 2 aromatic carbocycles. The molecule has 5 nitrogen and oxygen atoms in total. The van der Waals surface area contributed by atoms with Gasteiger partial charge in [0.1, 0.15) is 0 Å². The number of carbonyl (C=O) groups is 1. The number of anilines is 1. The van der Waals surface area contributed by atoms with Crippen molar-refractivity contribution < 1.29 is 13.2 Å². The van der Waals surface area contributed by atoms with E-state index < -0.39 is 10.0 Å². The second-order valence-electron chi connectivity index (χ2n) is 6.30. The summed E-state index contributed by atoms with van der Waals surface area (Å²) < 4.78 is 27.1. The Kier molecular flexibility index (Phi) is 5.38. The van der Waals surface area contributed by atoms with Crippen LogP contribution >= 0.6 is 0 Å². The molecule has 0 radical (unpaired) electrons. The third-order valence-electron chi connectivity index (χ3n) is 4.39. The van der Waals surface area contributed by atoms with Crippen LogP contribution in [0.25, 0.3) is 0 Å². The number of nitrogens with one attached hydrogen (secondary N) is 2. The first kappa shape index (κ1) is 17.5. The van der Waals surface area contributed by atoms with E-state index in [9.17, 15) is 13.2 Å². The second kappa shape index (κ2) is 7.70. The van der Waals surface area contributed by atoms with Crippen molar-refractivity contribution in [3.8, 4) is 0 Å². The smallest absolute Gasteiger partial charge is 0.261 e. The molecule has 1 aliphatic carbocycles. The van der Waals surface area contributed by atoms with Crippen LogP contribution in [-0.4, -0.2) is 20.4 Å². The zero-order valence-electron chi connectivity index (χ0n) is 13.9. The van der Waals surface area contributed by atoms with Crippen LogP contribution in [0.15, 0.2) is 59.5 Å². The number of carbonyl (C=O) groups excluding carboxylic acids is 1. The first-order chi connectivity index (χ1) is 12.0. The van der Waals surface area contributed by atoms with E-state index in [1.165, 1.54) is 18.6 Å². The summed E-state index contributed by atoms with van der Waals surface area (Å²) in [6.45, 7) is 0. The van der Waals surface area contributed by atoms with E-state index in [4.69, 9.17) is 0 Å². The van der Waals surface area contributed by atoms with Gasteiger partial charge in [-0.1, -0.05) is 37.5 Å². The molecule has 25 heavy (non-hydrogen) atoms. The first-order valence-electron chi connectivity index (χ1n) is 8.53. The van der Waals surface area contributed by atoms with E-state index in [2.05, 4.69) is 10.0 Å². The summed E-state index contributed by atoms with van der Waals surface area (Å²) in [4.78, 5) is 12.5. The molecule has 1 amide bonds. The minimum atomic E-state index is -3.62. The third kappa shape index (κ3) is 4.60. The van der Waals surface area contributed by atoms with Crippen molar-refractivity contribution in [1.82, 2.24) is 5.32 Å². The third-order valence-corrected chi connectivity index (χ3v) is 5.79. The van der Waals surface area contributed by atoms with Crippen LogP contribution in [0, 0.1) is 0 Å². The molecule has 0 unspecified atom stereocenters. The van der Waals surface area contributed by atoms with Gasteiger partial charge < -0.3 is 5.32 Å². The highest BCUT2D eigenvalue weighted by atomic mass is 32.2. The zero-order valence-corrected chi connectivity index (χ0v) is 14.8. The van der Waals surface area contributed by atoms with Crippen LogP contribution in [0.5, 0.6) is 0 Å². The Morgan fingerprint density at radius 1 is 0.880 bits per heavy atom. The van der Waals surface area contributed by atoms with E-state index in [-0.39, 0.29) is 16.8 Å². The molecule has 3 rings (SSSR count). The number of hydrogen-bond acceptors (Lipinski definition) is 3. The first-order valence-corrected chi connectivity index (χ1v) is 10.0. The molecule has 1 fully saturated rings. The maximum absolute atomic E-state index is 12.3. The Morgan fingerprint density at radius 2 is 1.52 bits per heavy atom. The molecule has 0 heterocycles. The molecule has 2 N–H and O–H groups in total. The highest BCUT2D eigenvalue weighted by molar-refractivity contribution is 7.92. The standard InChI is InChI=1S/C19H22N2O3S/c22-19(20-16-7-3-1-4-8-16)15-11-13-17(14-12-15)21-25(23,24)18-9-5-2-6-10-18/h2,5-6,9-14,16,21H,1,3-4,7-8H2,(H,20,22). The fourth-order valence-corrected chi connectivity index (χ4v) is 4.10. The minimum absolute atomic E-state index is 0.107. The normalized spacial score (nSPS) is 15.5. The average Bonchev–Trinajstić information content (AvgIpc) is 2.63. The number of rotatable bonds is 5. The Bertz CT molecular complexity index is 812. The molecule has 0 aromatic heterocycles. The molecule has 132 valence electrons. The van der Waals surface area contributed by atoms with Crippen molar-refractivity contribution >= 4 is 21.6 Å². The van der Waals surface area contributed by atoms with Crippen molar-refractivity contribution in [2.45, 2.75) is 43.0 Å². The molecule has 0 aliphatic heterocycles. The van der Waals surface area contributed by atoms with Crippen LogP contribution in [0.4, 0.5) is 5.69 Å². The Labute approximate surface area is 148 Å². The highest BCUT2D eigenvalue weighted by Gasteiger charge is 2.17. The van der Waals surface area contributed by atoms with Gasteiger partial charge in [-0.3, -0.25) is 9.52 Å². The molecular formula is C19H22N2O3S. The van der Waals surface area contributed by atoms with E-state index in [1.807, 2.05) is 0 Å². The molecule has 0 atom stereocenters. The number of benzene rings is 2. The van der Waals surface area contributed by atoms with Gasteiger partial charge in [-0.05, 0) is 49.2 Å².